The number of benzene rings is 2. The van der Waals surface area contributed by atoms with Crippen molar-refractivity contribution < 1.29 is 36.3 Å². The van der Waals surface area contributed by atoms with Crippen LogP contribution in [0.15, 0.2) is 60.7 Å². The van der Waals surface area contributed by atoms with E-state index in [1.165, 1.54) is 0 Å². The van der Waals surface area contributed by atoms with Crippen molar-refractivity contribution in [2.45, 2.75) is 63.6 Å². The molecule has 0 amide bonds. The van der Waals surface area contributed by atoms with E-state index >= 15 is 0 Å². The topological polar surface area (TPSA) is 89.5 Å². The van der Waals surface area contributed by atoms with Gasteiger partial charge in [-0.15, -0.1) is 0 Å². The highest BCUT2D eigenvalue weighted by Crippen LogP contribution is 2.40. The number of hydrogen-bond donors (Lipinski definition) is 0. The average Bonchev–Trinajstić information content (AvgIpc) is 3.24. The van der Waals surface area contributed by atoms with Crippen LogP contribution in [0.2, 0.25) is 0 Å². The first-order valence-corrected chi connectivity index (χ1v) is 12.7. The Hall–Kier alpha value is -1.85. The molecule has 0 aromatic heterocycles. The van der Waals surface area contributed by atoms with Crippen molar-refractivity contribution in [2.24, 2.45) is 0 Å². The summed E-state index contributed by atoms with van der Waals surface area (Å²) in [6.45, 7) is 4.00. The van der Waals surface area contributed by atoms with Crippen LogP contribution in [-0.4, -0.2) is 57.8 Å². The summed E-state index contributed by atoms with van der Waals surface area (Å²) >= 11 is 0. The minimum atomic E-state index is -3.68. The summed E-state index contributed by atoms with van der Waals surface area (Å²) in [6, 6.07) is 19.3. The van der Waals surface area contributed by atoms with Gasteiger partial charge in [-0.2, -0.15) is 8.42 Å². The Morgan fingerprint density at radius 3 is 2.15 bits per heavy atom. The van der Waals surface area contributed by atoms with Crippen LogP contribution < -0.4 is 0 Å². The first-order valence-electron chi connectivity index (χ1n) is 10.9. The van der Waals surface area contributed by atoms with Crippen LogP contribution in [-0.2, 0) is 51.2 Å². The van der Waals surface area contributed by atoms with Crippen molar-refractivity contribution in [3.63, 3.8) is 0 Å². The maximum absolute atomic E-state index is 11.7. The summed E-state index contributed by atoms with van der Waals surface area (Å²) in [5.74, 6) is -0.821. The Balaban J connectivity index is 1.53. The molecule has 4 rings (SSSR count). The van der Waals surface area contributed by atoms with Crippen molar-refractivity contribution in [1.82, 2.24) is 0 Å². The van der Waals surface area contributed by atoms with E-state index in [0.29, 0.717) is 6.61 Å². The van der Waals surface area contributed by atoms with E-state index < -0.39 is 46.6 Å². The number of rotatable bonds is 10. The molecule has 180 valence electrons. The summed E-state index contributed by atoms with van der Waals surface area (Å²) in [4.78, 5) is 0. The predicted octanol–water partition coefficient (Wildman–Crippen LogP) is 3.01. The van der Waals surface area contributed by atoms with Crippen LogP contribution in [0.25, 0.3) is 0 Å². The van der Waals surface area contributed by atoms with E-state index in [9.17, 15) is 8.42 Å². The van der Waals surface area contributed by atoms with Gasteiger partial charge in [0.2, 0.25) is 0 Å². The summed E-state index contributed by atoms with van der Waals surface area (Å²) in [7, 11) is -3.68. The van der Waals surface area contributed by atoms with Gasteiger partial charge < -0.3 is 23.7 Å². The molecule has 2 heterocycles. The first kappa shape index (κ1) is 24.3. The van der Waals surface area contributed by atoms with Crippen LogP contribution in [0.3, 0.4) is 0 Å². The zero-order chi connectivity index (χ0) is 23.5. The molecule has 0 saturated carbocycles. The monoisotopic (exact) mass is 478 g/mol. The zero-order valence-corrected chi connectivity index (χ0v) is 19.8. The highest BCUT2D eigenvalue weighted by molar-refractivity contribution is 7.85. The second kappa shape index (κ2) is 10.2. The lowest BCUT2D eigenvalue weighted by Gasteiger charge is -2.30. The van der Waals surface area contributed by atoms with Crippen molar-refractivity contribution in [1.29, 1.82) is 0 Å². The number of fused-ring (bicyclic) bond motifs is 1. The molecule has 0 bridgehead atoms. The van der Waals surface area contributed by atoms with E-state index in [-0.39, 0.29) is 13.2 Å². The Bertz CT molecular complexity index is 996. The molecule has 0 aliphatic carbocycles. The second-order valence-corrected chi connectivity index (χ2v) is 10.3. The van der Waals surface area contributed by atoms with Gasteiger partial charge in [0.25, 0.3) is 10.1 Å². The number of hydrogen-bond acceptors (Lipinski definition) is 8. The van der Waals surface area contributed by atoms with Gasteiger partial charge in [-0.05, 0) is 25.0 Å². The van der Waals surface area contributed by atoms with Gasteiger partial charge in [0.15, 0.2) is 12.1 Å². The summed E-state index contributed by atoms with van der Waals surface area (Å²) in [5.41, 5.74) is 1.93. The molecule has 0 spiro atoms. The Kier molecular flexibility index (Phi) is 7.49. The smallest absolute Gasteiger partial charge is 0.264 e. The van der Waals surface area contributed by atoms with E-state index in [1.54, 1.807) is 0 Å². The summed E-state index contributed by atoms with van der Waals surface area (Å²) < 4.78 is 59.0. The van der Waals surface area contributed by atoms with Crippen molar-refractivity contribution in [3.05, 3.63) is 71.8 Å². The third-order valence-corrected chi connectivity index (χ3v) is 6.00. The molecule has 2 saturated heterocycles. The zero-order valence-electron chi connectivity index (χ0n) is 19.0. The highest BCUT2D eigenvalue weighted by atomic mass is 32.2. The molecular formula is C24H30O8S. The van der Waals surface area contributed by atoms with E-state index in [4.69, 9.17) is 27.9 Å². The molecular weight excluding hydrogens is 448 g/mol. The lowest BCUT2D eigenvalue weighted by atomic mass is 10.1. The average molecular weight is 479 g/mol. The van der Waals surface area contributed by atoms with Crippen LogP contribution in [0.4, 0.5) is 0 Å². The third-order valence-electron chi connectivity index (χ3n) is 5.43. The van der Waals surface area contributed by atoms with E-state index in [0.717, 1.165) is 17.4 Å². The quantitative estimate of drug-likeness (QED) is 0.482. The Morgan fingerprint density at radius 2 is 1.55 bits per heavy atom. The SMILES string of the molecule is CC1(C)O[C@H]2O[C@H]([C@@H](COS(C)(=O)=O)OCc3ccccc3)[C@H](OCc3ccccc3)[C@H]2O1. The Morgan fingerprint density at radius 1 is 0.939 bits per heavy atom. The fraction of sp³-hybridized carbons (Fsp3) is 0.500. The van der Waals surface area contributed by atoms with E-state index in [2.05, 4.69) is 0 Å². The molecule has 2 aliphatic rings. The molecule has 2 aromatic carbocycles. The van der Waals surface area contributed by atoms with Crippen molar-refractivity contribution >= 4 is 10.1 Å². The largest absolute Gasteiger partial charge is 0.368 e. The predicted molar refractivity (Wildman–Crippen MR) is 120 cm³/mol. The van der Waals surface area contributed by atoms with Gasteiger partial charge >= 0.3 is 0 Å². The van der Waals surface area contributed by atoms with Gasteiger partial charge in [-0.1, -0.05) is 60.7 Å². The van der Waals surface area contributed by atoms with Crippen molar-refractivity contribution in [3.8, 4) is 0 Å². The minimum Gasteiger partial charge on any atom is -0.368 e. The van der Waals surface area contributed by atoms with Gasteiger partial charge in [-0.3, -0.25) is 4.18 Å². The number of ether oxygens (including phenoxy) is 5. The van der Waals surface area contributed by atoms with Crippen LogP contribution in [0.1, 0.15) is 25.0 Å². The normalized spacial score (nSPS) is 27.4. The van der Waals surface area contributed by atoms with Crippen LogP contribution in [0, 0.1) is 0 Å². The molecule has 2 aromatic rings. The molecule has 0 N–H and O–H groups in total. The minimum absolute atomic E-state index is 0.218. The lowest BCUT2D eigenvalue weighted by molar-refractivity contribution is -0.236. The van der Waals surface area contributed by atoms with Crippen molar-refractivity contribution in [2.75, 3.05) is 12.9 Å². The van der Waals surface area contributed by atoms with Gasteiger partial charge in [0.05, 0.1) is 26.1 Å². The van der Waals surface area contributed by atoms with Gasteiger partial charge in [0.1, 0.15) is 24.4 Å². The highest BCUT2D eigenvalue weighted by Gasteiger charge is 2.57. The standard InChI is InChI=1S/C24H30O8S/c1-24(2)31-22-21(28-15-18-12-8-5-9-13-18)20(30-23(22)32-24)19(16-29-33(3,25)26)27-14-17-10-6-4-7-11-17/h4-13,19-23H,14-16H2,1-3H3/t19-,20-,21+,22-,23-/m1/s1. The van der Waals surface area contributed by atoms with Gasteiger partial charge in [-0.25, -0.2) is 0 Å². The van der Waals surface area contributed by atoms with Crippen LogP contribution in [0.5, 0.6) is 0 Å². The summed E-state index contributed by atoms with van der Waals surface area (Å²) in [6.07, 6.45) is -2.10. The maximum Gasteiger partial charge on any atom is 0.264 e. The third kappa shape index (κ3) is 6.60. The summed E-state index contributed by atoms with van der Waals surface area (Å²) in [5, 5.41) is 0. The molecule has 2 aliphatic heterocycles. The first-order chi connectivity index (χ1) is 15.7. The molecule has 0 radical (unpaired) electrons. The molecule has 33 heavy (non-hydrogen) atoms. The molecule has 2 fully saturated rings. The molecule has 8 nitrogen and oxygen atoms in total. The fourth-order valence-electron chi connectivity index (χ4n) is 3.97. The fourth-order valence-corrected chi connectivity index (χ4v) is 4.35. The molecule has 9 heteroatoms. The Labute approximate surface area is 194 Å². The molecule has 0 unspecified atom stereocenters. The van der Waals surface area contributed by atoms with Crippen LogP contribution >= 0.6 is 0 Å². The van der Waals surface area contributed by atoms with E-state index in [1.807, 2.05) is 74.5 Å². The van der Waals surface area contributed by atoms with Gasteiger partial charge in [0, 0.05) is 0 Å². The molecule has 5 atom stereocenters. The maximum atomic E-state index is 11.7. The lowest BCUT2D eigenvalue weighted by Crippen LogP contribution is -2.45. The second-order valence-electron chi connectivity index (χ2n) is 8.65.